The first kappa shape index (κ1) is 10.7. The third-order valence-electron chi connectivity index (χ3n) is 0.865. The van der Waals surface area contributed by atoms with Gasteiger partial charge in [-0.3, -0.25) is 10.1 Å². The zero-order valence-corrected chi connectivity index (χ0v) is 6.25. The van der Waals surface area contributed by atoms with Crippen LogP contribution in [0, 0.1) is 10.1 Å². The summed E-state index contributed by atoms with van der Waals surface area (Å²) in [5.41, 5.74) is 0. The molecule has 0 N–H and O–H groups in total. The summed E-state index contributed by atoms with van der Waals surface area (Å²) in [5, 5.41) is 9.66. The maximum atomic E-state index is 12.0. The Morgan fingerprint density at radius 3 is 2.50 bits per heavy atom. The van der Waals surface area contributed by atoms with Gasteiger partial charge in [-0.25, -0.2) is 4.79 Å². The van der Waals surface area contributed by atoms with Crippen molar-refractivity contribution >= 4 is 5.97 Å². The van der Waals surface area contributed by atoms with Gasteiger partial charge >= 0.3 is 11.9 Å². The summed E-state index contributed by atoms with van der Waals surface area (Å²) in [6.07, 6.45) is 0. The Morgan fingerprint density at radius 2 is 2.17 bits per heavy atom. The molecule has 0 atom stereocenters. The summed E-state index contributed by atoms with van der Waals surface area (Å²) in [7, 11) is 0. The third kappa shape index (κ3) is 4.53. The number of nitrogens with zero attached hydrogens (tertiary/aromatic N) is 1. The number of halogens is 2. The Labute approximate surface area is 66.5 Å². The van der Waals surface area contributed by atoms with E-state index in [2.05, 4.69) is 4.74 Å². The lowest BCUT2D eigenvalue weighted by Crippen LogP contribution is -2.28. The molecule has 0 amide bonds. The highest BCUT2D eigenvalue weighted by atomic mass is 19.3. The molecule has 0 saturated carbocycles. The smallest absolute Gasteiger partial charge is 0.376 e. The Kier molecular flexibility index (Phi) is 3.52. The minimum atomic E-state index is -3.59. The van der Waals surface area contributed by atoms with Crippen LogP contribution in [0.15, 0.2) is 0 Å². The van der Waals surface area contributed by atoms with Gasteiger partial charge in [0, 0.05) is 11.8 Å². The van der Waals surface area contributed by atoms with Crippen LogP contribution in [0.5, 0.6) is 0 Å². The van der Waals surface area contributed by atoms with Crippen LogP contribution in [0.4, 0.5) is 8.78 Å². The fourth-order valence-corrected chi connectivity index (χ4v) is 0.340. The van der Waals surface area contributed by atoms with Crippen molar-refractivity contribution in [2.75, 3.05) is 13.2 Å². The van der Waals surface area contributed by atoms with Crippen molar-refractivity contribution < 1.29 is 23.2 Å². The summed E-state index contributed by atoms with van der Waals surface area (Å²) < 4.78 is 27.9. The van der Waals surface area contributed by atoms with Crippen molar-refractivity contribution in [3.63, 3.8) is 0 Å². The van der Waals surface area contributed by atoms with Crippen LogP contribution < -0.4 is 0 Å². The molecular weight excluding hydrogens is 176 g/mol. The first-order valence-electron chi connectivity index (χ1n) is 3.01. The standard InChI is InChI=1S/C5H7F2NO4/c1-5(6,7)4(9)12-3-2-8(10)11/h2-3H2,1H3. The summed E-state index contributed by atoms with van der Waals surface area (Å²) in [6.45, 7) is -0.932. The van der Waals surface area contributed by atoms with E-state index in [0.717, 1.165) is 0 Å². The fraction of sp³-hybridized carbons (Fsp3) is 0.800. The highest BCUT2D eigenvalue weighted by Gasteiger charge is 2.34. The van der Waals surface area contributed by atoms with Gasteiger partial charge in [-0.2, -0.15) is 8.78 Å². The van der Waals surface area contributed by atoms with Crippen LogP contribution in [-0.2, 0) is 9.53 Å². The molecule has 12 heavy (non-hydrogen) atoms. The summed E-state index contributed by atoms with van der Waals surface area (Å²) in [6, 6.07) is 0. The number of carbonyl (C=O) groups excluding carboxylic acids is 1. The highest BCUT2D eigenvalue weighted by Crippen LogP contribution is 2.12. The number of ether oxygens (including phenoxy) is 1. The first-order chi connectivity index (χ1) is 5.34. The van der Waals surface area contributed by atoms with Gasteiger partial charge in [0.05, 0.1) is 0 Å². The number of hydrogen-bond donors (Lipinski definition) is 0. The van der Waals surface area contributed by atoms with Gasteiger partial charge in [0.25, 0.3) is 0 Å². The molecule has 0 aliphatic heterocycles. The molecule has 0 bridgehead atoms. The zero-order valence-electron chi connectivity index (χ0n) is 6.25. The molecule has 5 nitrogen and oxygen atoms in total. The van der Waals surface area contributed by atoms with Gasteiger partial charge in [-0.1, -0.05) is 0 Å². The van der Waals surface area contributed by atoms with E-state index >= 15 is 0 Å². The Bertz CT molecular complexity index is 188. The topological polar surface area (TPSA) is 69.4 Å². The van der Waals surface area contributed by atoms with Crippen LogP contribution in [0.1, 0.15) is 6.92 Å². The molecule has 0 radical (unpaired) electrons. The molecule has 7 heteroatoms. The lowest BCUT2D eigenvalue weighted by Gasteiger charge is -2.07. The molecule has 0 saturated heterocycles. The molecule has 0 aliphatic rings. The van der Waals surface area contributed by atoms with Crippen LogP contribution in [0.3, 0.4) is 0 Å². The lowest BCUT2D eigenvalue weighted by atomic mass is 10.4. The SMILES string of the molecule is CC(F)(F)C(=O)OCC[N+](=O)[O-]. The van der Waals surface area contributed by atoms with Crippen LogP contribution in [0.2, 0.25) is 0 Å². The maximum Gasteiger partial charge on any atom is 0.376 e. The normalized spacial score (nSPS) is 10.9. The van der Waals surface area contributed by atoms with Gasteiger partial charge in [-0.05, 0) is 0 Å². The number of esters is 1. The predicted molar refractivity (Wildman–Crippen MR) is 33.4 cm³/mol. The van der Waals surface area contributed by atoms with Gasteiger partial charge in [-0.15, -0.1) is 0 Å². The number of carbonyl (C=O) groups is 1. The van der Waals surface area contributed by atoms with Gasteiger partial charge in [0.2, 0.25) is 6.54 Å². The Morgan fingerprint density at radius 1 is 1.67 bits per heavy atom. The highest BCUT2D eigenvalue weighted by molar-refractivity contribution is 5.76. The van der Waals surface area contributed by atoms with E-state index in [1.54, 1.807) is 0 Å². The van der Waals surface area contributed by atoms with Crippen molar-refractivity contribution in [2.24, 2.45) is 0 Å². The molecule has 0 aromatic heterocycles. The second-order valence-corrected chi connectivity index (χ2v) is 2.08. The van der Waals surface area contributed by atoms with Crippen molar-refractivity contribution in [3.05, 3.63) is 10.1 Å². The van der Waals surface area contributed by atoms with E-state index in [4.69, 9.17) is 0 Å². The van der Waals surface area contributed by atoms with Gasteiger partial charge < -0.3 is 4.74 Å². The van der Waals surface area contributed by atoms with Crippen LogP contribution in [0.25, 0.3) is 0 Å². The third-order valence-corrected chi connectivity index (χ3v) is 0.865. The van der Waals surface area contributed by atoms with Gasteiger partial charge in [0.15, 0.2) is 6.61 Å². The zero-order chi connectivity index (χ0) is 9.78. The summed E-state index contributed by atoms with van der Waals surface area (Å²) >= 11 is 0. The predicted octanol–water partition coefficient (Wildman–Crippen LogP) is 0.462. The molecule has 0 rings (SSSR count). The summed E-state index contributed by atoms with van der Waals surface area (Å²) in [5.74, 6) is -5.33. The van der Waals surface area contributed by atoms with E-state index in [-0.39, 0.29) is 0 Å². The minimum Gasteiger partial charge on any atom is -0.454 e. The monoisotopic (exact) mass is 183 g/mol. The van der Waals surface area contributed by atoms with E-state index in [0.29, 0.717) is 6.92 Å². The first-order valence-corrected chi connectivity index (χ1v) is 3.01. The van der Waals surface area contributed by atoms with Crippen molar-refractivity contribution in [2.45, 2.75) is 12.8 Å². The second-order valence-electron chi connectivity index (χ2n) is 2.08. The van der Waals surface area contributed by atoms with E-state index in [1.165, 1.54) is 0 Å². The van der Waals surface area contributed by atoms with Crippen LogP contribution >= 0.6 is 0 Å². The number of hydrogen-bond acceptors (Lipinski definition) is 4. The maximum absolute atomic E-state index is 12.0. The molecule has 0 aromatic carbocycles. The number of rotatable bonds is 4. The molecule has 0 heterocycles. The molecule has 70 valence electrons. The number of nitro groups is 1. The van der Waals surface area contributed by atoms with Crippen molar-refractivity contribution in [3.8, 4) is 0 Å². The number of alkyl halides is 2. The Balaban J connectivity index is 3.66. The largest absolute Gasteiger partial charge is 0.454 e. The minimum absolute atomic E-state index is 0.363. The molecule has 0 fully saturated rings. The van der Waals surface area contributed by atoms with E-state index < -0.39 is 30.0 Å². The molecular formula is C5H7F2NO4. The molecule has 0 aromatic rings. The molecule has 0 aliphatic carbocycles. The second kappa shape index (κ2) is 3.93. The van der Waals surface area contributed by atoms with Crippen LogP contribution in [-0.4, -0.2) is 30.0 Å². The molecule has 0 unspecified atom stereocenters. The molecule has 0 spiro atoms. The van der Waals surface area contributed by atoms with E-state index in [1.807, 2.05) is 0 Å². The summed E-state index contributed by atoms with van der Waals surface area (Å²) in [4.78, 5) is 19.1. The fourth-order valence-electron chi connectivity index (χ4n) is 0.340. The Hall–Kier alpha value is -1.27. The lowest BCUT2D eigenvalue weighted by molar-refractivity contribution is -0.482. The van der Waals surface area contributed by atoms with Gasteiger partial charge in [0.1, 0.15) is 0 Å². The van der Waals surface area contributed by atoms with Crippen molar-refractivity contribution in [1.82, 2.24) is 0 Å². The average molecular weight is 183 g/mol. The van der Waals surface area contributed by atoms with Crippen molar-refractivity contribution in [1.29, 1.82) is 0 Å². The quantitative estimate of drug-likeness (QED) is 0.360. The van der Waals surface area contributed by atoms with E-state index in [9.17, 15) is 23.7 Å². The average Bonchev–Trinajstić information content (AvgIpc) is 1.84.